The van der Waals surface area contributed by atoms with Crippen molar-refractivity contribution < 1.29 is 8.42 Å². The quantitative estimate of drug-likeness (QED) is 0.669. The van der Waals surface area contributed by atoms with Crippen LogP contribution in [-0.4, -0.2) is 19.7 Å². The van der Waals surface area contributed by atoms with Crippen molar-refractivity contribution in [3.8, 4) is 12.1 Å². The molecular formula is C11H19N3O2S. The summed E-state index contributed by atoms with van der Waals surface area (Å²) in [6.45, 7) is 3.77. The van der Waals surface area contributed by atoms with E-state index in [9.17, 15) is 13.7 Å². The van der Waals surface area contributed by atoms with E-state index in [0.717, 1.165) is 0 Å². The second kappa shape index (κ2) is 7.26. The Morgan fingerprint density at radius 3 is 2.06 bits per heavy atom. The summed E-state index contributed by atoms with van der Waals surface area (Å²) in [5, 5.41) is 17.6. The van der Waals surface area contributed by atoms with E-state index >= 15 is 0 Å². The lowest BCUT2D eigenvalue weighted by molar-refractivity contribution is 0.499. The molecule has 0 aliphatic carbocycles. The average Bonchev–Trinajstić information content (AvgIpc) is 2.28. The fourth-order valence-corrected chi connectivity index (χ4v) is 3.47. The summed E-state index contributed by atoms with van der Waals surface area (Å²) in [5.41, 5.74) is 0. The molecule has 0 spiro atoms. The van der Waals surface area contributed by atoms with Gasteiger partial charge in [-0.1, -0.05) is 26.7 Å². The minimum Gasteiger partial charge on any atom is -0.213 e. The highest BCUT2D eigenvalue weighted by atomic mass is 32.2. The average molecular weight is 257 g/mol. The molecule has 0 radical (unpaired) electrons. The zero-order valence-electron chi connectivity index (χ0n) is 10.4. The second-order valence-electron chi connectivity index (χ2n) is 3.91. The van der Waals surface area contributed by atoms with Crippen molar-refractivity contribution in [1.82, 2.24) is 4.72 Å². The van der Waals surface area contributed by atoms with E-state index in [0.29, 0.717) is 25.7 Å². The largest absolute Gasteiger partial charge is 0.230 e. The molecule has 0 aliphatic heterocycles. The van der Waals surface area contributed by atoms with Crippen LogP contribution in [0.1, 0.15) is 46.0 Å². The lowest BCUT2D eigenvalue weighted by Crippen LogP contribution is -2.45. The molecule has 0 aromatic rings. The van der Waals surface area contributed by atoms with Crippen LogP contribution >= 0.6 is 0 Å². The second-order valence-corrected chi connectivity index (χ2v) is 5.99. The van der Waals surface area contributed by atoms with Crippen molar-refractivity contribution in [3.63, 3.8) is 0 Å². The predicted octanol–water partition coefficient (Wildman–Crippen LogP) is 1.68. The lowest BCUT2D eigenvalue weighted by Gasteiger charge is -2.25. The molecule has 1 N–H and O–H groups in total. The topological polar surface area (TPSA) is 93.8 Å². The molecule has 0 unspecified atom stereocenters. The van der Waals surface area contributed by atoms with E-state index in [4.69, 9.17) is 5.26 Å². The Balaban J connectivity index is 5.03. The molecule has 0 bridgehead atoms. The standard InChI is InChI=1S/C11H19N3O2S/c1-3-6-11(10-13,7-4-2)17(15,16)14-9-5-8-12/h14H,3-7,9H2,1-2H3. The van der Waals surface area contributed by atoms with E-state index in [-0.39, 0.29) is 13.0 Å². The van der Waals surface area contributed by atoms with Crippen molar-refractivity contribution in [2.24, 2.45) is 0 Å². The fraction of sp³-hybridized carbons (Fsp3) is 0.818. The molecule has 17 heavy (non-hydrogen) atoms. The normalized spacial score (nSPS) is 11.8. The molecule has 5 nitrogen and oxygen atoms in total. The van der Waals surface area contributed by atoms with E-state index in [2.05, 4.69) is 4.72 Å². The predicted molar refractivity (Wildman–Crippen MR) is 65.3 cm³/mol. The van der Waals surface area contributed by atoms with Crippen molar-refractivity contribution in [3.05, 3.63) is 0 Å². The van der Waals surface area contributed by atoms with Gasteiger partial charge >= 0.3 is 0 Å². The lowest BCUT2D eigenvalue weighted by atomic mass is 9.99. The minimum atomic E-state index is -3.69. The smallest absolute Gasteiger partial charge is 0.213 e. The van der Waals surface area contributed by atoms with Gasteiger partial charge in [0.2, 0.25) is 10.0 Å². The number of hydrogen-bond donors (Lipinski definition) is 1. The Kier molecular flexibility index (Phi) is 6.79. The van der Waals surface area contributed by atoms with Crippen molar-refractivity contribution in [2.45, 2.75) is 50.7 Å². The van der Waals surface area contributed by atoms with E-state index in [1.165, 1.54) is 0 Å². The van der Waals surface area contributed by atoms with Gasteiger partial charge < -0.3 is 0 Å². The van der Waals surface area contributed by atoms with Crippen molar-refractivity contribution >= 4 is 10.0 Å². The van der Waals surface area contributed by atoms with Gasteiger partial charge in [-0.3, -0.25) is 0 Å². The van der Waals surface area contributed by atoms with Crippen LogP contribution < -0.4 is 4.72 Å². The van der Waals surface area contributed by atoms with Crippen LogP contribution in [0.2, 0.25) is 0 Å². The number of hydrogen-bond acceptors (Lipinski definition) is 4. The molecule has 0 rings (SSSR count). The summed E-state index contributed by atoms with van der Waals surface area (Å²) in [6.07, 6.45) is 2.01. The van der Waals surface area contributed by atoms with Gasteiger partial charge in [0.25, 0.3) is 0 Å². The van der Waals surface area contributed by atoms with Gasteiger partial charge in [0.05, 0.1) is 12.1 Å². The maximum atomic E-state index is 12.1. The maximum absolute atomic E-state index is 12.1. The number of rotatable bonds is 8. The summed E-state index contributed by atoms with van der Waals surface area (Å²) < 4.78 is 25.2. The van der Waals surface area contributed by atoms with Gasteiger partial charge in [0.15, 0.2) is 4.75 Å². The molecular weight excluding hydrogens is 238 g/mol. The van der Waals surface area contributed by atoms with Gasteiger partial charge in [0, 0.05) is 13.0 Å². The fourth-order valence-electron chi connectivity index (χ4n) is 1.75. The van der Waals surface area contributed by atoms with Crippen LogP contribution in [0, 0.1) is 22.7 Å². The zero-order valence-corrected chi connectivity index (χ0v) is 11.2. The third-order valence-electron chi connectivity index (χ3n) is 2.55. The van der Waals surface area contributed by atoms with Crippen LogP contribution in [0.4, 0.5) is 0 Å². The van der Waals surface area contributed by atoms with Crippen LogP contribution in [0.3, 0.4) is 0 Å². The highest BCUT2D eigenvalue weighted by molar-refractivity contribution is 7.91. The molecule has 0 amide bonds. The maximum Gasteiger partial charge on any atom is 0.230 e. The van der Waals surface area contributed by atoms with E-state index < -0.39 is 14.8 Å². The zero-order chi connectivity index (χ0) is 13.4. The third-order valence-corrected chi connectivity index (χ3v) is 4.67. The highest BCUT2D eigenvalue weighted by Crippen LogP contribution is 2.27. The molecule has 0 heterocycles. The summed E-state index contributed by atoms with van der Waals surface area (Å²) in [4.78, 5) is 0. The first-order valence-corrected chi connectivity index (χ1v) is 7.25. The number of nitrogens with zero attached hydrogens (tertiary/aromatic N) is 2. The number of sulfonamides is 1. The van der Waals surface area contributed by atoms with Crippen molar-refractivity contribution in [1.29, 1.82) is 10.5 Å². The Morgan fingerprint density at radius 2 is 1.71 bits per heavy atom. The molecule has 0 aliphatic rings. The molecule has 6 heteroatoms. The summed E-state index contributed by atoms with van der Waals surface area (Å²) in [6, 6.07) is 3.82. The van der Waals surface area contributed by atoms with Crippen LogP contribution in [0.15, 0.2) is 0 Å². The van der Waals surface area contributed by atoms with Gasteiger partial charge in [-0.05, 0) is 12.8 Å². The first kappa shape index (κ1) is 15.9. The van der Waals surface area contributed by atoms with Crippen LogP contribution in [0.5, 0.6) is 0 Å². The summed E-state index contributed by atoms with van der Waals surface area (Å²) in [5.74, 6) is 0. The van der Waals surface area contributed by atoms with Crippen LogP contribution in [-0.2, 0) is 10.0 Å². The Hall–Kier alpha value is -1.11. The minimum absolute atomic E-state index is 0.0652. The third kappa shape index (κ3) is 3.99. The van der Waals surface area contributed by atoms with Gasteiger partial charge in [0.1, 0.15) is 0 Å². The molecule has 0 fully saturated rings. The first-order chi connectivity index (χ1) is 7.99. The van der Waals surface area contributed by atoms with Gasteiger partial charge in [-0.25, -0.2) is 13.1 Å². The van der Waals surface area contributed by atoms with E-state index in [1.807, 2.05) is 26.0 Å². The monoisotopic (exact) mass is 257 g/mol. The molecule has 0 saturated heterocycles. The van der Waals surface area contributed by atoms with Gasteiger partial charge in [-0.15, -0.1) is 0 Å². The first-order valence-electron chi connectivity index (χ1n) is 5.77. The summed E-state index contributed by atoms with van der Waals surface area (Å²) in [7, 11) is -3.69. The van der Waals surface area contributed by atoms with Gasteiger partial charge in [-0.2, -0.15) is 10.5 Å². The van der Waals surface area contributed by atoms with Crippen LogP contribution in [0.25, 0.3) is 0 Å². The van der Waals surface area contributed by atoms with E-state index in [1.54, 1.807) is 0 Å². The SMILES string of the molecule is CCCC(C#N)(CCC)S(=O)(=O)NCCC#N. The summed E-state index contributed by atoms with van der Waals surface area (Å²) >= 11 is 0. The number of nitrogens with one attached hydrogen (secondary N) is 1. The Morgan fingerprint density at radius 1 is 1.18 bits per heavy atom. The molecule has 96 valence electrons. The molecule has 0 atom stereocenters. The molecule has 0 aromatic carbocycles. The molecule has 0 saturated carbocycles. The number of nitriles is 2. The Bertz CT molecular complexity index is 397. The molecule has 0 aromatic heterocycles. The Labute approximate surface area is 103 Å². The van der Waals surface area contributed by atoms with Crippen molar-refractivity contribution in [2.75, 3.05) is 6.54 Å². The highest BCUT2D eigenvalue weighted by Gasteiger charge is 2.42.